The van der Waals surface area contributed by atoms with E-state index in [1.165, 1.54) is 5.56 Å². The fourth-order valence-electron chi connectivity index (χ4n) is 4.54. The van der Waals surface area contributed by atoms with Gasteiger partial charge in [0, 0.05) is 54.6 Å². The van der Waals surface area contributed by atoms with Crippen molar-refractivity contribution >= 4 is 11.6 Å². The third-order valence-electron chi connectivity index (χ3n) is 6.39. The Labute approximate surface area is 186 Å². The molecule has 0 aliphatic carbocycles. The van der Waals surface area contributed by atoms with Crippen LogP contribution in [-0.4, -0.2) is 45.4 Å². The van der Waals surface area contributed by atoms with E-state index in [1.54, 1.807) is 7.11 Å². The van der Waals surface area contributed by atoms with Gasteiger partial charge in [-0.3, -0.25) is 4.79 Å². The maximum Gasteiger partial charge on any atom is 0.251 e. The first kappa shape index (κ1) is 23.1. The lowest BCUT2D eigenvalue weighted by Crippen LogP contribution is -2.44. The number of aryl methyl sites for hydroxylation is 1. The molecule has 31 heavy (non-hydrogen) atoms. The molecular weight excluding hydrogens is 388 g/mol. The number of methoxy groups -OCH3 is 1. The smallest absolute Gasteiger partial charge is 0.251 e. The van der Waals surface area contributed by atoms with Crippen LogP contribution in [0.15, 0.2) is 42.5 Å². The standard InChI is InChI=1S/C26H36N2O3/c1-6-28(19(2)3)22-10-8-21(9-11-22)25(29)27-18-26(13-15-31-16-14-26)23-17-20(4)7-12-24(23)30-5/h7-12,17,19H,6,13-16,18H2,1-5H3,(H,27,29). The lowest BCUT2D eigenvalue weighted by atomic mass is 9.73. The lowest BCUT2D eigenvalue weighted by Gasteiger charge is -2.39. The number of nitrogens with one attached hydrogen (secondary N) is 1. The maximum absolute atomic E-state index is 13.0. The summed E-state index contributed by atoms with van der Waals surface area (Å²) in [5.41, 5.74) is 3.97. The molecule has 0 aromatic heterocycles. The topological polar surface area (TPSA) is 50.8 Å². The molecule has 0 radical (unpaired) electrons. The van der Waals surface area contributed by atoms with Crippen LogP contribution in [-0.2, 0) is 10.2 Å². The zero-order valence-corrected chi connectivity index (χ0v) is 19.5. The van der Waals surface area contributed by atoms with Gasteiger partial charge in [-0.15, -0.1) is 0 Å². The molecule has 0 saturated carbocycles. The van der Waals surface area contributed by atoms with Crippen LogP contribution in [0, 0.1) is 6.92 Å². The van der Waals surface area contributed by atoms with Crippen LogP contribution in [0.1, 0.15) is 55.1 Å². The zero-order valence-electron chi connectivity index (χ0n) is 19.5. The van der Waals surface area contributed by atoms with Crippen LogP contribution in [0.3, 0.4) is 0 Å². The molecule has 1 amide bonds. The molecule has 5 heteroatoms. The number of ether oxygens (including phenoxy) is 2. The summed E-state index contributed by atoms with van der Waals surface area (Å²) in [4.78, 5) is 15.3. The number of hydrogen-bond acceptors (Lipinski definition) is 4. The summed E-state index contributed by atoms with van der Waals surface area (Å²) in [7, 11) is 1.71. The Morgan fingerprint density at radius 1 is 1.16 bits per heavy atom. The Balaban J connectivity index is 1.78. The fourth-order valence-corrected chi connectivity index (χ4v) is 4.54. The van der Waals surface area contributed by atoms with Crippen molar-refractivity contribution in [3.05, 3.63) is 59.2 Å². The van der Waals surface area contributed by atoms with Crippen molar-refractivity contribution in [3.8, 4) is 5.75 Å². The van der Waals surface area contributed by atoms with Gasteiger partial charge in [-0.25, -0.2) is 0 Å². The third-order valence-corrected chi connectivity index (χ3v) is 6.39. The van der Waals surface area contributed by atoms with E-state index in [4.69, 9.17) is 9.47 Å². The fraction of sp³-hybridized carbons (Fsp3) is 0.500. The highest BCUT2D eigenvalue weighted by Gasteiger charge is 2.37. The summed E-state index contributed by atoms with van der Waals surface area (Å²) in [6, 6.07) is 14.6. The molecule has 0 atom stereocenters. The predicted molar refractivity (Wildman–Crippen MR) is 126 cm³/mol. The van der Waals surface area contributed by atoms with Gasteiger partial charge in [0.25, 0.3) is 5.91 Å². The van der Waals surface area contributed by atoms with E-state index >= 15 is 0 Å². The number of benzene rings is 2. The Hall–Kier alpha value is -2.53. The van der Waals surface area contributed by atoms with Gasteiger partial charge in [0.05, 0.1) is 7.11 Å². The molecule has 2 aromatic carbocycles. The summed E-state index contributed by atoms with van der Waals surface area (Å²) in [5, 5.41) is 3.20. The van der Waals surface area contributed by atoms with Crippen LogP contribution in [0.25, 0.3) is 0 Å². The van der Waals surface area contributed by atoms with E-state index in [2.05, 4.69) is 50.0 Å². The molecule has 1 aliphatic rings. The molecule has 1 fully saturated rings. The van der Waals surface area contributed by atoms with Crippen molar-refractivity contribution in [1.82, 2.24) is 5.32 Å². The van der Waals surface area contributed by atoms with Gasteiger partial charge in [-0.05, 0) is 70.9 Å². The average Bonchev–Trinajstić information content (AvgIpc) is 2.79. The summed E-state index contributed by atoms with van der Waals surface area (Å²) < 4.78 is 11.3. The molecule has 5 nitrogen and oxygen atoms in total. The molecule has 0 bridgehead atoms. The molecule has 3 rings (SSSR count). The second kappa shape index (κ2) is 10.2. The quantitative estimate of drug-likeness (QED) is 0.666. The number of carbonyl (C=O) groups is 1. The van der Waals surface area contributed by atoms with Crippen LogP contribution >= 0.6 is 0 Å². The monoisotopic (exact) mass is 424 g/mol. The number of rotatable bonds is 8. The Morgan fingerprint density at radius 3 is 2.42 bits per heavy atom. The molecule has 1 N–H and O–H groups in total. The SMILES string of the molecule is CCN(c1ccc(C(=O)NCC2(c3cc(C)ccc3OC)CCOCC2)cc1)C(C)C. The van der Waals surface area contributed by atoms with E-state index in [0.29, 0.717) is 31.4 Å². The summed E-state index contributed by atoms with van der Waals surface area (Å²) in [5.74, 6) is 0.830. The van der Waals surface area contributed by atoms with Crippen molar-refractivity contribution in [2.75, 3.05) is 38.3 Å². The van der Waals surface area contributed by atoms with Gasteiger partial charge >= 0.3 is 0 Å². The van der Waals surface area contributed by atoms with Crippen molar-refractivity contribution in [2.24, 2.45) is 0 Å². The highest BCUT2D eigenvalue weighted by atomic mass is 16.5. The summed E-state index contributed by atoms with van der Waals surface area (Å²) >= 11 is 0. The van der Waals surface area contributed by atoms with E-state index in [9.17, 15) is 4.79 Å². The largest absolute Gasteiger partial charge is 0.496 e. The number of amides is 1. The second-order valence-corrected chi connectivity index (χ2v) is 8.71. The molecule has 1 saturated heterocycles. The van der Waals surface area contributed by atoms with Gasteiger partial charge in [0.15, 0.2) is 0 Å². The van der Waals surface area contributed by atoms with E-state index in [0.717, 1.165) is 36.4 Å². The Bertz CT molecular complexity index is 871. The predicted octanol–water partition coefficient (Wildman–Crippen LogP) is 4.72. The van der Waals surface area contributed by atoms with Crippen LogP contribution in [0.2, 0.25) is 0 Å². The first-order valence-corrected chi connectivity index (χ1v) is 11.3. The Kier molecular flexibility index (Phi) is 7.60. The number of anilines is 1. The van der Waals surface area contributed by atoms with Crippen molar-refractivity contribution in [1.29, 1.82) is 0 Å². The second-order valence-electron chi connectivity index (χ2n) is 8.71. The highest BCUT2D eigenvalue weighted by Crippen LogP contribution is 2.40. The highest BCUT2D eigenvalue weighted by molar-refractivity contribution is 5.94. The molecule has 0 unspecified atom stereocenters. The Morgan fingerprint density at radius 2 is 1.84 bits per heavy atom. The summed E-state index contributed by atoms with van der Waals surface area (Å²) in [6.45, 7) is 11.5. The molecule has 1 heterocycles. The number of hydrogen-bond donors (Lipinski definition) is 1. The van der Waals surface area contributed by atoms with Crippen molar-refractivity contribution in [2.45, 2.75) is 52.0 Å². The van der Waals surface area contributed by atoms with E-state index < -0.39 is 0 Å². The van der Waals surface area contributed by atoms with E-state index in [-0.39, 0.29) is 11.3 Å². The van der Waals surface area contributed by atoms with Gasteiger partial charge in [-0.2, -0.15) is 0 Å². The van der Waals surface area contributed by atoms with E-state index in [1.807, 2.05) is 30.3 Å². The molecule has 0 spiro atoms. The number of nitrogens with zero attached hydrogens (tertiary/aromatic N) is 1. The van der Waals surface area contributed by atoms with Crippen LogP contribution in [0.5, 0.6) is 5.75 Å². The molecule has 2 aromatic rings. The first-order chi connectivity index (χ1) is 14.9. The van der Waals surface area contributed by atoms with Gasteiger partial charge in [0.2, 0.25) is 0 Å². The molecule has 168 valence electrons. The zero-order chi connectivity index (χ0) is 22.4. The minimum atomic E-state index is -0.193. The van der Waals surface area contributed by atoms with Crippen molar-refractivity contribution in [3.63, 3.8) is 0 Å². The van der Waals surface area contributed by atoms with Gasteiger partial charge < -0.3 is 19.7 Å². The normalized spacial score (nSPS) is 15.5. The number of carbonyl (C=O) groups excluding carboxylic acids is 1. The van der Waals surface area contributed by atoms with Crippen LogP contribution < -0.4 is 15.0 Å². The van der Waals surface area contributed by atoms with Crippen LogP contribution in [0.4, 0.5) is 5.69 Å². The maximum atomic E-state index is 13.0. The van der Waals surface area contributed by atoms with Gasteiger partial charge in [-0.1, -0.05) is 17.7 Å². The van der Waals surface area contributed by atoms with Crippen molar-refractivity contribution < 1.29 is 14.3 Å². The third kappa shape index (κ3) is 5.21. The summed E-state index contributed by atoms with van der Waals surface area (Å²) in [6.07, 6.45) is 1.71. The van der Waals surface area contributed by atoms with Gasteiger partial charge in [0.1, 0.15) is 5.75 Å². The first-order valence-electron chi connectivity index (χ1n) is 11.3. The average molecular weight is 425 g/mol. The molecule has 1 aliphatic heterocycles. The minimum Gasteiger partial charge on any atom is -0.496 e. The lowest BCUT2D eigenvalue weighted by molar-refractivity contribution is 0.0479. The molecular formula is C26H36N2O3. The minimum absolute atomic E-state index is 0.0448.